The Labute approximate surface area is 118 Å². The van der Waals surface area contributed by atoms with E-state index in [4.69, 9.17) is 0 Å². The van der Waals surface area contributed by atoms with E-state index in [1.165, 1.54) is 6.33 Å². The van der Waals surface area contributed by atoms with E-state index in [1.807, 2.05) is 24.3 Å². The lowest BCUT2D eigenvalue weighted by atomic mass is 10.0. The first-order valence-electron chi connectivity index (χ1n) is 5.73. The zero-order valence-corrected chi connectivity index (χ0v) is 11.4. The Balaban J connectivity index is 2.18. The average molecular weight is 316 g/mol. The fourth-order valence-corrected chi connectivity index (χ4v) is 2.46. The van der Waals surface area contributed by atoms with Gasteiger partial charge in [0.25, 0.3) is 0 Å². The van der Waals surface area contributed by atoms with Gasteiger partial charge in [0.2, 0.25) is 0 Å². The SMILES string of the molecule is OC(c1cncnc1)c1ccc(Br)c2cccnc12. The normalized spacial score (nSPS) is 12.5. The van der Waals surface area contributed by atoms with Crippen LogP contribution in [0.15, 0.2) is 53.7 Å². The molecule has 0 saturated carbocycles. The van der Waals surface area contributed by atoms with Gasteiger partial charge in [0.05, 0.1) is 5.52 Å². The van der Waals surface area contributed by atoms with Gasteiger partial charge in [0.15, 0.2) is 0 Å². The van der Waals surface area contributed by atoms with Gasteiger partial charge in [0.1, 0.15) is 12.4 Å². The van der Waals surface area contributed by atoms with Crippen molar-refractivity contribution in [2.75, 3.05) is 0 Å². The number of aliphatic hydroxyl groups is 1. The van der Waals surface area contributed by atoms with Crippen molar-refractivity contribution in [1.82, 2.24) is 15.0 Å². The number of pyridine rings is 1. The Hall–Kier alpha value is -1.85. The predicted molar refractivity (Wildman–Crippen MR) is 75.5 cm³/mol. The molecule has 1 aromatic carbocycles. The Morgan fingerprint density at radius 2 is 1.89 bits per heavy atom. The van der Waals surface area contributed by atoms with Crippen LogP contribution in [0.25, 0.3) is 10.9 Å². The van der Waals surface area contributed by atoms with E-state index in [9.17, 15) is 5.11 Å². The number of hydrogen-bond donors (Lipinski definition) is 1. The maximum absolute atomic E-state index is 10.4. The smallest absolute Gasteiger partial charge is 0.115 e. The molecular weight excluding hydrogens is 306 g/mol. The lowest BCUT2D eigenvalue weighted by Gasteiger charge is -2.13. The van der Waals surface area contributed by atoms with Crippen molar-refractivity contribution in [3.8, 4) is 0 Å². The maximum Gasteiger partial charge on any atom is 0.115 e. The van der Waals surface area contributed by atoms with Crippen molar-refractivity contribution in [1.29, 1.82) is 0 Å². The predicted octanol–water partition coefficient (Wildman–Crippen LogP) is 2.87. The van der Waals surface area contributed by atoms with E-state index in [1.54, 1.807) is 18.6 Å². The zero-order valence-electron chi connectivity index (χ0n) is 9.86. The average Bonchev–Trinajstić information content (AvgIpc) is 2.48. The van der Waals surface area contributed by atoms with Gasteiger partial charge in [-0.25, -0.2) is 9.97 Å². The highest BCUT2D eigenvalue weighted by atomic mass is 79.9. The van der Waals surface area contributed by atoms with E-state index < -0.39 is 6.10 Å². The Bertz CT molecular complexity index is 718. The first-order chi connectivity index (χ1) is 9.27. The summed E-state index contributed by atoms with van der Waals surface area (Å²) in [6.07, 6.45) is 5.58. The van der Waals surface area contributed by atoms with E-state index in [2.05, 4.69) is 30.9 Å². The molecule has 19 heavy (non-hydrogen) atoms. The van der Waals surface area contributed by atoms with Crippen LogP contribution in [-0.2, 0) is 0 Å². The molecule has 0 radical (unpaired) electrons. The zero-order chi connectivity index (χ0) is 13.2. The molecule has 1 atom stereocenters. The molecule has 0 fully saturated rings. The molecule has 0 aliphatic heterocycles. The third kappa shape index (κ3) is 2.22. The minimum atomic E-state index is -0.785. The molecular formula is C14H10BrN3O. The van der Waals surface area contributed by atoms with E-state index in [0.29, 0.717) is 5.56 Å². The number of aromatic nitrogens is 3. The molecule has 2 heterocycles. The fourth-order valence-electron chi connectivity index (χ4n) is 2.01. The second-order valence-corrected chi connectivity index (χ2v) is 4.96. The van der Waals surface area contributed by atoms with Gasteiger partial charge < -0.3 is 5.11 Å². The lowest BCUT2D eigenvalue weighted by molar-refractivity contribution is 0.220. The molecule has 94 valence electrons. The van der Waals surface area contributed by atoms with Crippen LogP contribution in [0.2, 0.25) is 0 Å². The Morgan fingerprint density at radius 1 is 1.11 bits per heavy atom. The molecule has 0 amide bonds. The van der Waals surface area contributed by atoms with Crippen molar-refractivity contribution in [2.45, 2.75) is 6.10 Å². The second-order valence-electron chi connectivity index (χ2n) is 4.11. The van der Waals surface area contributed by atoms with Crippen molar-refractivity contribution < 1.29 is 5.11 Å². The molecule has 4 nitrogen and oxygen atoms in total. The molecule has 0 spiro atoms. The van der Waals surface area contributed by atoms with Crippen LogP contribution >= 0.6 is 15.9 Å². The molecule has 0 saturated heterocycles. The Morgan fingerprint density at radius 3 is 2.68 bits per heavy atom. The van der Waals surface area contributed by atoms with Crippen LogP contribution in [0.5, 0.6) is 0 Å². The molecule has 3 rings (SSSR count). The highest BCUT2D eigenvalue weighted by Crippen LogP contribution is 2.31. The molecule has 1 unspecified atom stereocenters. The summed E-state index contributed by atoms with van der Waals surface area (Å²) < 4.78 is 0.955. The van der Waals surface area contributed by atoms with Crippen molar-refractivity contribution in [3.63, 3.8) is 0 Å². The largest absolute Gasteiger partial charge is 0.383 e. The summed E-state index contributed by atoms with van der Waals surface area (Å²) in [7, 11) is 0. The summed E-state index contributed by atoms with van der Waals surface area (Å²) in [5, 5.41) is 11.4. The minimum absolute atomic E-state index is 0.650. The van der Waals surface area contributed by atoms with Gasteiger partial charge in [-0.2, -0.15) is 0 Å². The number of nitrogens with zero attached hydrogens (tertiary/aromatic N) is 3. The van der Waals surface area contributed by atoms with Crippen LogP contribution in [0.1, 0.15) is 17.2 Å². The second kappa shape index (κ2) is 5.03. The molecule has 1 N–H and O–H groups in total. The first-order valence-corrected chi connectivity index (χ1v) is 6.53. The number of halogens is 1. The number of benzene rings is 1. The van der Waals surface area contributed by atoms with Crippen molar-refractivity contribution in [3.05, 3.63) is 64.8 Å². The third-order valence-corrected chi connectivity index (χ3v) is 3.63. The third-order valence-electron chi connectivity index (χ3n) is 2.94. The molecule has 5 heteroatoms. The summed E-state index contributed by atoms with van der Waals surface area (Å²) >= 11 is 3.49. The highest BCUT2D eigenvalue weighted by molar-refractivity contribution is 9.10. The van der Waals surface area contributed by atoms with Crippen LogP contribution in [-0.4, -0.2) is 20.1 Å². The number of fused-ring (bicyclic) bond motifs is 1. The quantitative estimate of drug-likeness (QED) is 0.790. The van der Waals surface area contributed by atoms with Gasteiger partial charge in [-0.05, 0) is 12.1 Å². The first kappa shape index (κ1) is 12.2. The molecule has 3 aromatic rings. The summed E-state index contributed by atoms with van der Waals surface area (Å²) in [5.74, 6) is 0. The van der Waals surface area contributed by atoms with Crippen LogP contribution in [0.4, 0.5) is 0 Å². The van der Waals surface area contributed by atoms with E-state index in [-0.39, 0.29) is 0 Å². The van der Waals surface area contributed by atoms with Crippen molar-refractivity contribution >= 4 is 26.8 Å². The fraction of sp³-hybridized carbons (Fsp3) is 0.0714. The number of aliphatic hydroxyl groups excluding tert-OH is 1. The monoisotopic (exact) mass is 315 g/mol. The molecule has 2 aromatic heterocycles. The van der Waals surface area contributed by atoms with Crippen LogP contribution in [0.3, 0.4) is 0 Å². The van der Waals surface area contributed by atoms with Gasteiger partial charge >= 0.3 is 0 Å². The summed E-state index contributed by atoms with van der Waals surface area (Å²) in [6.45, 7) is 0. The van der Waals surface area contributed by atoms with Crippen LogP contribution < -0.4 is 0 Å². The van der Waals surface area contributed by atoms with Gasteiger partial charge in [-0.15, -0.1) is 0 Å². The number of hydrogen-bond acceptors (Lipinski definition) is 4. The summed E-state index contributed by atoms with van der Waals surface area (Å²) in [6, 6.07) is 7.60. The van der Waals surface area contributed by atoms with E-state index in [0.717, 1.165) is 20.9 Å². The topological polar surface area (TPSA) is 58.9 Å². The van der Waals surface area contributed by atoms with Gasteiger partial charge in [0, 0.05) is 39.6 Å². The van der Waals surface area contributed by atoms with Gasteiger partial charge in [-0.1, -0.05) is 28.1 Å². The summed E-state index contributed by atoms with van der Waals surface area (Å²) in [4.78, 5) is 12.2. The van der Waals surface area contributed by atoms with E-state index >= 15 is 0 Å². The number of rotatable bonds is 2. The molecule has 0 bridgehead atoms. The van der Waals surface area contributed by atoms with Gasteiger partial charge in [-0.3, -0.25) is 4.98 Å². The lowest BCUT2D eigenvalue weighted by Crippen LogP contribution is -2.02. The maximum atomic E-state index is 10.4. The van der Waals surface area contributed by atoms with Crippen molar-refractivity contribution in [2.24, 2.45) is 0 Å². The Kier molecular flexibility index (Phi) is 3.23. The summed E-state index contributed by atoms with van der Waals surface area (Å²) in [5.41, 5.74) is 2.17. The molecule has 0 aliphatic carbocycles. The standard InChI is InChI=1S/C14H10BrN3O/c15-12-4-3-11(13-10(12)2-1-5-18-13)14(19)9-6-16-8-17-7-9/h1-8,14,19H. The highest BCUT2D eigenvalue weighted by Gasteiger charge is 2.15. The van der Waals surface area contributed by atoms with Crippen LogP contribution in [0, 0.1) is 0 Å². The minimum Gasteiger partial charge on any atom is -0.383 e. The molecule has 0 aliphatic rings.